The lowest BCUT2D eigenvalue weighted by atomic mass is 10.1. The molecular weight excluding hydrogens is 264 g/mol. The van der Waals surface area contributed by atoms with Crippen molar-refractivity contribution in [1.82, 2.24) is 4.98 Å². The number of likely N-dealkylation sites (N-methyl/N-ethyl adjacent to an activating group) is 1. The highest BCUT2D eigenvalue weighted by atomic mass is 16.4. The number of rotatable bonds is 5. The molecular formula is C17H16N2O2. The van der Waals surface area contributed by atoms with Crippen LogP contribution in [0.3, 0.4) is 0 Å². The molecule has 0 N–H and O–H groups in total. The molecule has 0 aliphatic rings. The van der Waals surface area contributed by atoms with Crippen molar-refractivity contribution in [1.29, 1.82) is 0 Å². The molecule has 0 saturated heterocycles. The van der Waals surface area contributed by atoms with Gasteiger partial charge in [0.25, 0.3) is 6.01 Å². The number of aromatic nitrogens is 1. The Balaban J connectivity index is 1.83. The molecule has 0 radical (unpaired) electrons. The van der Waals surface area contributed by atoms with E-state index in [1.54, 1.807) is 0 Å². The summed E-state index contributed by atoms with van der Waals surface area (Å²) >= 11 is 0. The summed E-state index contributed by atoms with van der Waals surface area (Å²) in [5, 5.41) is 0. The lowest BCUT2D eigenvalue weighted by molar-refractivity contribution is 0.0998. The minimum atomic E-state index is 0.0553. The van der Waals surface area contributed by atoms with Crippen LogP contribution < -0.4 is 4.90 Å². The Bertz CT molecular complexity index is 717. The van der Waals surface area contributed by atoms with Crippen LogP contribution in [0.5, 0.6) is 0 Å². The largest absolute Gasteiger partial charge is 0.423 e. The summed E-state index contributed by atoms with van der Waals surface area (Å²) in [6.45, 7) is 2.89. The zero-order valence-corrected chi connectivity index (χ0v) is 11.8. The Labute approximate surface area is 123 Å². The van der Waals surface area contributed by atoms with E-state index < -0.39 is 0 Å². The molecule has 0 amide bonds. The van der Waals surface area contributed by atoms with Crippen LogP contribution in [0.25, 0.3) is 11.1 Å². The van der Waals surface area contributed by atoms with E-state index in [2.05, 4.69) is 4.98 Å². The molecule has 0 saturated carbocycles. The summed E-state index contributed by atoms with van der Waals surface area (Å²) in [7, 11) is 0. The maximum Gasteiger partial charge on any atom is 0.298 e. The van der Waals surface area contributed by atoms with Crippen LogP contribution >= 0.6 is 0 Å². The van der Waals surface area contributed by atoms with E-state index in [0.717, 1.165) is 11.1 Å². The van der Waals surface area contributed by atoms with Gasteiger partial charge in [-0.05, 0) is 19.1 Å². The van der Waals surface area contributed by atoms with Gasteiger partial charge in [0.1, 0.15) is 5.52 Å². The topological polar surface area (TPSA) is 46.3 Å². The average molecular weight is 280 g/mol. The second-order valence-corrected chi connectivity index (χ2v) is 4.77. The highest BCUT2D eigenvalue weighted by Gasteiger charge is 2.16. The molecule has 0 unspecified atom stereocenters. The molecule has 0 bridgehead atoms. The fourth-order valence-electron chi connectivity index (χ4n) is 2.20. The third-order valence-electron chi connectivity index (χ3n) is 3.37. The first kappa shape index (κ1) is 13.4. The third kappa shape index (κ3) is 2.79. The lowest BCUT2D eigenvalue weighted by Gasteiger charge is -2.17. The van der Waals surface area contributed by atoms with Crippen LogP contribution in [0, 0.1) is 0 Å². The SMILES string of the molecule is CCN(CC(=O)c1ccccc1)c1nc2ccccc2o1. The fraction of sp³-hybridized carbons (Fsp3) is 0.176. The van der Waals surface area contributed by atoms with E-state index in [4.69, 9.17) is 4.42 Å². The maximum atomic E-state index is 12.3. The van der Waals surface area contributed by atoms with Crippen molar-refractivity contribution in [3.63, 3.8) is 0 Å². The molecule has 106 valence electrons. The van der Waals surface area contributed by atoms with E-state index >= 15 is 0 Å². The highest BCUT2D eigenvalue weighted by Crippen LogP contribution is 2.21. The zero-order chi connectivity index (χ0) is 14.7. The second kappa shape index (κ2) is 5.79. The number of hydrogen-bond donors (Lipinski definition) is 0. The number of Topliss-reactive ketones (excluding diaryl/α,β-unsaturated/α-hetero) is 1. The van der Waals surface area contributed by atoms with Crippen LogP contribution in [-0.4, -0.2) is 23.9 Å². The summed E-state index contributed by atoms with van der Waals surface area (Å²) in [6.07, 6.45) is 0. The van der Waals surface area contributed by atoms with E-state index in [-0.39, 0.29) is 12.3 Å². The van der Waals surface area contributed by atoms with Crippen molar-refractivity contribution in [3.05, 3.63) is 60.2 Å². The number of ketones is 1. The number of nitrogens with zero attached hydrogens (tertiary/aromatic N) is 2. The number of carbonyl (C=O) groups is 1. The van der Waals surface area contributed by atoms with Crippen LogP contribution in [-0.2, 0) is 0 Å². The van der Waals surface area contributed by atoms with Gasteiger partial charge < -0.3 is 9.32 Å². The van der Waals surface area contributed by atoms with Gasteiger partial charge in [0.15, 0.2) is 11.4 Å². The van der Waals surface area contributed by atoms with Crippen molar-refractivity contribution >= 4 is 22.9 Å². The first-order valence-corrected chi connectivity index (χ1v) is 6.96. The Morgan fingerprint density at radius 1 is 1.10 bits per heavy atom. The molecule has 0 aliphatic carbocycles. The lowest BCUT2D eigenvalue weighted by Crippen LogP contribution is -2.29. The van der Waals surface area contributed by atoms with Gasteiger partial charge in [-0.15, -0.1) is 0 Å². The van der Waals surface area contributed by atoms with Crippen LogP contribution in [0.15, 0.2) is 59.0 Å². The molecule has 0 spiro atoms. The van der Waals surface area contributed by atoms with Crippen LogP contribution in [0.4, 0.5) is 6.01 Å². The Morgan fingerprint density at radius 3 is 2.52 bits per heavy atom. The zero-order valence-electron chi connectivity index (χ0n) is 11.8. The number of carbonyl (C=O) groups excluding carboxylic acids is 1. The normalized spacial score (nSPS) is 10.7. The molecule has 3 aromatic rings. The van der Waals surface area contributed by atoms with Crippen molar-refractivity contribution in [3.8, 4) is 0 Å². The van der Waals surface area contributed by atoms with E-state index in [9.17, 15) is 4.79 Å². The molecule has 21 heavy (non-hydrogen) atoms. The Morgan fingerprint density at radius 2 is 1.81 bits per heavy atom. The molecule has 1 aromatic heterocycles. The van der Waals surface area contributed by atoms with Gasteiger partial charge in [-0.3, -0.25) is 4.79 Å². The van der Waals surface area contributed by atoms with Crippen molar-refractivity contribution in [2.75, 3.05) is 18.0 Å². The standard InChI is InChI=1S/C17H16N2O2/c1-2-19(12-15(20)13-8-4-3-5-9-13)17-18-14-10-6-7-11-16(14)21-17/h3-11H,2,12H2,1H3. The van der Waals surface area contributed by atoms with Crippen LogP contribution in [0.2, 0.25) is 0 Å². The van der Waals surface area contributed by atoms with Crippen molar-refractivity contribution in [2.24, 2.45) is 0 Å². The first-order chi connectivity index (χ1) is 10.3. The first-order valence-electron chi connectivity index (χ1n) is 6.96. The molecule has 4 heteroatoms. The molecule has 0 fully saturated rings. The second-order valence-electron chi connectivity index (χ2n) is 4.77. The number of benzene rings is 2. The van der Waals surface area contributed by atoms with Gasteiger partial charge in [-0.25, -0.2) is 0 Å². The van der Waals surface area contributed by atoms with E-state index in [1.807, 2.05) is 66.4 Å². The minimum Gasteiger partial charge on any atom is -0.423 e. The number of hydrogen-bond acceptors (Lipinski definition) is 4. The predicted octanol–water partition coefficient (Wildman–Crippen LogP) is 3.54. The smallest absolute Gasteiger partial charge is 0.298 e. The van der Waals surface area contributed by atoms with Gasteiger partial charge in [0.05, 0.1) is 6.54 Å². The van der Waals surface area contributed by atoms with Crippen molar-refractivity contribution in [2.45, 2.75) is 6.92 Å². The van der Waals surface area contributed by atoms with E-state index in [0.29, 0.717) is 18.1 Å². The molecule has 0 atom stereocenters. The Kier molecular flexibility index (Phi) is 3.69. The summed E-state index contributed by atoms with van der Waals surface area (Å²) in [5.41, 5.74) is 2.24. The van der Waals surface area contributed by atoms with Crippen LogP contribution in [0.1, 0.15) is 17.3 Å². The molecule has 1 heterocycles. The summed E-state index contributed by atoms with van der Waals surface area (Å²) in [5.74, 6) is 0.0553. The quantitative estimate of drug-likeness (QED) is 0.671. The minimum absolute atomic E-state index is 0.0553. The monoisotopic (exact) mass is 280 g/mol. The highest BCUT2D eigenvalue weighted by molar-refractivity contribution is 5.99. The summed E-state index contributed by atoms with van der Waals surface area (Å²) in [4.78, 5) is 18.6. The van der Waals surface area contributed by atoms with Gasteiger partial charge >= 0.3 is 0 Å². The maximum absolute atomic E-state index is 12.3. The molecule has 4 nitrogen and oxygen atoms in total. The van der Waals surface area contributed by atoms with Gasteiger partial charge in [-0.2, -0.15) is 4.98 Å². The average Bonchev–Trinajstić information content (AvgIpc) is 2.97. The number of para-hydroxylation sites is 2. The fourth-order valence-corrected chi connectivity index (χ4v) is 2.20. The van der Waals surface area contributed by atoms with Gasteiger partial charge in [0.2, 0.25) is 0 Å². The summed E-state index contributed by atoms with van der Waals surface area (Å²) < 4.78 is 5.72. The van der Waals surface area contributed by atoms with Crippen molar-refractivity contribution < 1.29 is 9.21 Å². The number of oxazole rings is 1. The van der Waals surface area contributed by atoms with E-state index in [1.165, 1.54) is 0 Å². The molecule has 0 aliphatic heterocycles. The Hall–Kier alpha value is -2.62. The molecule has 2 aromatic carbocycles. The van der Waals surface area contributed by atoms with Gasteiger partial charge in [0, 0.05) is 12.1 Å². The summed E-state index contributed by atoms with van der Waals surface area (Å²) in [6, 6.07) is 17.4. The number of anilines is 1. The van der Waals surface area contributed by atoms with Gasteiger partial charge in [-0.1, -0.05) is 42.5 Å². The predicted molar refractivity (Wildman–Crippen MR) is 82.7 cm³/mol. The third-order valence-corrected chi connectivity index (χ3v) is 3.37. The number of fused-ring (bicyclic) bond motifs is 1. The molecule has 3 rings (SSSR count).